The van der Waals surface area contributed by atoms with Crippen LogP contribution >= 0.6 is 23.2 Å². The highest BCUT2D eigenvalue weighted by Gasteiger charge is 2.10. The fourth-order valence-electron chi connectivity index (χ4n) is 3.63. The number of halogens is 2. The first-order valence-corrected chi connectivity index (χ1v) is 11.4. The molecule has 0 atom stereocenters. The maximum atomic E-state index is 8.74. The Balaban J connectivity index is 1.36. The second-order valence-electron chi connectivity index (χ2n) is 7.43. The Kier molecular flexibility index (Phi) is 7.40. The van der Waals surface area contributed by atoms with E-state index in [2.05, 4.69) is 12.1 Å². The van der Waals surface area contributed by atoms with Crippen molar-refractivity contribution < 1.29 is 9.47 Å². The van der Waals surface area contributed by atoms with Gasteiger partial charge in [0.15, 0.2) is 0 Å². The van der Waals surface area contributed by atoms with Gasteiger partial charge in [0.2, 0.25) is 5.62 Å². The number of hydrogen-bond acceptors (Lipinski definition) is 3. The summed E-state index contributed by atoms with van der Waals surface area (Å²) in [6.07, 6.45) is 1.60. The molecule has 0 saturated carbocycles. The molecule has 0 aliphatic rings. The van der Waals surface area contributed by atoms with E-state index in [1.54, 1.807) is 0 Å². The zero-order valence-corrected chi connectivity index (χ0v) is 19.1. The van der Waals surface area contributed by atoms with Crippen molar-refractivity contribution in [1.29, 1.82) is 5.41 Å². The number of benzene rings is 3. The van der Waals surface area contributed by atoms with E-state index < -0.39 is 0 Å². The zero-order chi connectivity index (χ0) is 22.3. The second-order valence-corrected chi connectivity index (χ2v) is 8.30. The van der Waals surface area contributed by atoms with Gasteiger partial charge in [-0.3, -0.25) is 5.41 Å². The Morgan fingerprint density at radius 1 is 0.625 bits per heavy atom. The molecule has 3 aromatic carbocycles. The van der Waals surface area contributed by atoms with Gasteiger partial charge >= 0.3 is 0 Å². The molecule has 1 N–H and O–H groups in total. The average molecular weight is 470 g/mol. The largest absolute Gasteiger partial charge is 0.494 e. The first-order valence-electron chi connectivity index (χ1n) is 10.6. The molecule has 0 fully saturated rings. The number of nitrogens with one attached hydrogen (secondary N) is 1. The van der Waals surface area contributed by atoms with Crippen LogP contribution in [0.5, 0.6) is 11.5 Å². The van der Waals surface area contributed by atoms with Crippen molar-refractivity contribution in [2.24, 2.45) is 0 Å². The van der Waals surface area contributed by atoms with E-state index in [1.165, 1.54) is 0 Å². The SMILES string of the molecule is N=c1n(CCCOc2ccc(Cl)cc2)c2ccccc2n1CCCOc1ccc(Cl)cc1. The Labute approximate surface area is 197 Å². The van der Waals surface area contributed by atoms with E-state index in [0.29, 0.717) is 42.0 Å². The maximum Gasteiger partial charge on any atom is 0.202 e. The minimum absolute atomic E-state index is 0.490. The van der Waals surface area contributed by atoms with Crippen molar-refractivity contribution in [3.05, 3.63) is 88.5 Å². The predicted molar refractivity (Wildman–Crippen MR) is 129 cm³/mol. The summed E-state index contributed by atoms with van der Waals surface area (Å²) in [5, 5.41) is 10.1. The smallest absolute Gasteiger partial charge is 0.202 e. The molecule has 5 nitrogen and oxygen atoms in total. The van der Waals surface area contributed by atoms with Crippen LogP contribution in [0.3, 0.4) is 0 Å². The number of imidazole rings is 1. The third-order valence-electron chi connectivity index (χ3n) is 5.19. The van der Waals surface area contributed by atoms with Gasteiger partial charge in [0, 0.05) is 23.1 Å². The van der Waals surface area contributed by atoms with E-state index in [0.717, 1.165) is 35.4 Å². The van der Waals surface area contributed by atoms with Crippen LogP contribution in [0.2, 0.25) is 10.0 Å². The molecule has 0 saturated heterocycles. The van der Waals surface area contributed by atoms with Gasteiger partial charge in [0.05, 0.1) is 24.2 Å². The lowest BCUT2D eigenvalue weighted by Gasteiger charge is -2.08. The summed E-state index contributed by atoms with van der Waals surface area (Å²) in [4.78, 5) is 0. The van der Waals surface area contributed by atoms with Crippen LogP contribution in [0.1, 0.15) is 12.8 Å². The lowest BCUT2D eigenvalue weighted by Crippen LogP contribution is -2.26. The average Bonchev–Trinajstić information content (AvgIpc) is 3.07. The molecule has 1 heterocycles. The van der Waals surface area contributed by atoms with Crippen molar-refractivity contribution in [1.82, 2.24) is 9.13 Å². The van der Waals surface area contributed by atoms with E-state index in [9.17, 15) is 0 Å². The van der Waals surface area contributed by atoms with Crippen molar-refractivity contribution in [3.63, 3.8) is 0 Å². The summed E-state index contributed by atoms with van der Waals surface area (Å²) in [5.41, 5.74) is 2.61. The highest BCUT2D eigenvalue weighted by molar-refractivity contribution is 6.30. The number of aryl methyl sites for hydroxylation is 2. The fraction of sp³-hybridized carbons (Fsp3) is 0.240. The molecule has 0 unspecified atom stereocenters. The molecule has 0 aliphatic carbocycles. The molecule has 32 heavy (non-hydrogen) atoms. The van der Waals surface area contributed by atoms with Gasteiger partial charge in [-0.05, 0) is 73.5 Å². The van der Waals surface area contributed by atoms with E-state index >= 15 is 0 Å². The molecule has 4 aromatic rings. The van der Waals surface area contributed by atoms with Crippen molar-refractivity contribution >= 4 is 34.2 Å². The molecule has 0 amide bonds. The minimum atomic E-state index is 0.490. The normalized spacial score (nSPS) is 11.1. The number of rotatable bonds is 10. The van der Waals surface area contributed by atoms with Crippen molar-refractivity contribution in [2.75, 3.05) is 13.2 Å². The minimum Gasteiger partial charge on any atom is -0.494 e. The van der Waals surface area contributed by atoms with Crippen LogP contribution in [0.15, 0.2) is 72.8 Å². The van der Waals surface area contributed by atoms with E-state index in [4.69, 9.17) is 38.1 Å². The molecule has 0 radical (unpaired) electrons. The number of para-hydroxylation sites is 2. The third kappa shape index (κ3) is 5.47. The second kappa shape index (κ2) is 10.6. The summed E-state index contributed by atoms with van der Waals surface area (Å²) in [6.45, 7) is 2.56. The van der Waals surface area contributed by atoms with Gasteiger partial charge in [-0.1, -0.05) is 35.3 Å². The highest BCUT2D eigenvalue weighted by atomic mass is 35.5. The van der Waals surface area contributed by atoms with Gasteiger partial charge in [0.1, 0.15) is 11.5 Å². The monoisotopic (exact) mass is 469 g/mol. The molecule has 7 heteroatoms. The van der Waals surface area contributed by atoms with Crippen LogP contribution in [-0.4, -0.2) is 22.3 Å². The molecule has 4 rings (SSSR count). The number of hydrogen-bond donors (Lipinski definition) is 1. The van der Waals surface area contributed by atoms with Crippen molar-refractivity contribution in [3.8, 4) is 11.5 Å². The Morgan fingerprint density at radius 3 is 1.44 bits per heavy atom. The first kappa shape index (κ1) is 22.3. The number of aromatic nitrogens is 2. The highest BCUT2D eigenvalue weighted by Crippen LogP contribution is 2.18. The van der Waals surface area contributed by atoms with E-state index in [1.807, 2.05) is 69.8 Å². The molecular formula is C25H25Cl2N3O2. The zero-order valence-electron chi connectivity index (χ0n) is 17.6. The van der Waals surface area contributed by atoms with Crippen LogP contribution in [-0.2, 0) is 13.1 Å². The summed E-state index contributed by atoms with van der Waals surface area (Å²) in [7, 11) is 0. The number of nitrogens with zero attached hydrogens (tertiary/aromatic N) is 2. The lowest BCUT2D eigenvalue weighted by atomic mass is 10.3. The van der Waals surface area contributed by atoms with Crippen LogP contribution < -0.4 is 15.1 Å². The van der Waals surface area contributed by atoms with Gasteiger partial charge in [0.25, 0.3) is 0 Å². The number of fused-ring (bicyclic) bond motifs is 1. The Hall–Kier alpha value is -2.89. The number of ether oxygens (including phenoxy) is 2. The quantitative estimate of drug-likeness (QED) is 0.282. The first-order chi connectivity index (χ1) is 15.6. The molecule has 0 aliphatic heterocycles. The fourth-order valence-corrected chi connectivity index (χ4v) is 3.89. The molecule has 0 bridgehead atoms. The lowest BCUT2D eigenvalue weighted by molar-refractivity contribution is 0.297. The van der Waals surface area contributed by atoms with E-state index in [-0.39, 0.29) is 0 Å². The molecular weight excluding hydrogens is 445 g/mol. The maximum absolute atomic E-state index is 8.74. The molecule has 166 valence electrons. The summed E-state index contributed by atoms with van der Waals surface area (Å²) >= 11 is 11.8. The predicted octanol–water partition coefficient (Wildman–Crippen LogP) is 6.17. The molecule has 1 aromatic heterocycles. The summed E-state index contributed by atoms with van der Waals surface area (Å²) < 4.78 is 15.7. The van der Waals surface area contributed by atoms with Gasteiger partial charge in [-0.25, -0.2) is 0 Å². The van der Waals surface area contributed by atoms with Crippen LogP contribution in [0.4, 0.5) is 0 Å². The Bertz CT molecular complexity index is 1120. The van der Waals surface area contributed by atoms with Crippen LogP contribution in [0.25, 0.3) is 11.0 Å². The van der Waals surface area contributed by atoms with Gasteiger partial charge in [-0.2, -0.15) is 0 Å². The third-order valence-corrected chi connectivity index (χ3v) is 5.70. The van der Waals surface area contributed by atoms with Crippen LogP contribution in [0, 0.1) is 5.41 Å². The summed E-state index contributed by atoms with van der Waals surface area (Å²) in [6, 6.07) is 22.9. The Morgan fingerprint density at radius 2 is 1.03 bits per heavy atom. The standard InChI is InChI=1S/C25H25Cl2N3O2/c26-19-7-11-21(12-8-19)31-17-3-15-29-23-5-1-2-6-24(23)30(25(29)28)16-4-18-32-22-13-9-20(27)10-14-22/h1-2,5-14,28H,3-4,15-18H2. The molecule has 0 spiro atoms. The summed E-state index contributed by atoms with van der Waals surface area (Å²) in [5.74, 6) is 1.60. The van der Waals surface area contributed by atoms with Gasteiger partial charge in [-0.15, -0.1) is 0 Å². The van der Waals surface area contributed by atoms with Crippen molar-refractivity contribution in [2.45, 2.75) is 25.9 Å². The van der Waals surface area contributed by atoms with Gasteiger partial charge < -0.3 is 18.6 Å². The topological polar surface area (TPSA) is 52.2 Å².